The van der Waals surface area contributed by atoms with Crippen molar-refractivity contribution in [2.45, 2.75) is 32.2 Å². The Morgan fingerprint density at radius 2 is 2.05 bits per heavy atom. The Hall–Kier alpha value is -1.13. The van der Waals surface area contributed by atoms with Crippen LogP contribution in [0.1, 0.15) is 37.8 Å². The number of likely N-dealkylation sites (tertiary alicyclic amines) is 1. The van der Waals surface area contributed by atoms with Gasteiger partial charge in [0, 0.05) is 38.4 Å². The van der Waals surface area contributed by atoms with Crippen molar-refractivity contribution in [2.24, 2.45) is 0 Å². The quantitative estimate of drug-likeness (QED) is 0.914. The van der Waals surface area contributed by atoms with Gasteiger partial charge in [0.1, 0.15) is 5.82 Å². The predicted octanol–water partition coefficient (Wildman–Crippen LogP) is 2.04. The molecule has 0 aliphatic carbocycles. The lowest BCUT2D eigenvalue weighted by Crippen LogP contribution is -2.43. The zero-order chi connectivity index (χ0) is 13.8. The molecular formula is C16H26N4. The van der Waals surface area contributed by atoms with Crippen molar-refractivity contribution < 1.29 is 0 Å². The van der Waals surface area contributed by atoms with Gasteiger partial charge in [-0.05, 0) is 37.6 Å². The standard InChI is InChI=1S/C16H26N4/c1-2-19-10-4-3-5-15(19)14-6-7-16(18-13-14)20-11-8-17-9-12-20/h6-7,13,15,17H,2-5,8-12H2,1H3/t15-/m1/s1. The number of nitrogens with zero attached hydrogens (tertiary/aromatic N) is 3. The number of piperazine rings is 1. The van der Waals surface area contributed by atoms with E-state index in [0.717, 1.165) is 38.5 Å². The summed E-state index contributed by atoms with van der Waals surface area (Å²) in [5.41, 5.74) is 1.39. The van der Waals surface area contributed by atoms with Crippen LogP contribution in [0.4, 0.5) is 5.82 Å². The van der Waals surface area contributed by atoms with E-state index in [1.165, 1.54) is 31.4 Å². The van der Waals surface area contributed by atoms with E-state index in [2.05, 4.69) is 40.4 Å². The van der Waals surface area contributed by atoms with Gasteiger partial charge >= 0.3 is 0 Å². The van der Waals surface area contributed by atoms with Crippen LogP contribution in [-0.2, 0) is 0 Å². The van der Waals surface area contributed by atoms with Crippen LogP contribution in [0.3, 0.4) is 0 Å². The molecule has 0 amide bonds. The van der Waals surface area contributed by atoms with Crippen molar-refractivity contribution in [3.8, 4) is 0 Å². The molecule has 0 radical (unpaired) electrons. The van der Waals surface area contributed by atoms with E-state index in [-0.39, 0.29) is 0 Å². The van der Waals surface area contributed by atoms with E-state index in [1.54, 1.807) is 0 Å². The summed E-state index contributed by atoms with van der Waals surface area (Å²) in [7, 11) is 0. The average Bonchev–Trinajstić information content (AvgIpc) is 2.56. The zero-order valence-electron chi connectivity index (χ0n) is 12.5. The normalized spacial score (nSPS) is 24.9. The Morgan fingerprint density at radius 3 is 2.75 bits per heavy atom. The summed E-state index contributed by atoms with van der Waals surface area (Å²) in [5.74, 6) is 1.13. The van der Waals surface area contributed by atoms with E-state index >= 15 is 0 Å². The minimum absolute atomic E-state index is 0.582. The number of hydrogen-bond acceptors (Lipinski definition) is 4. The van der Waals surface area contributed by atoms with E-state index in [4.69, 9.17) is 4.98 Å². The first-order valence-electron chi connectivity index (χ1n) is 8.04. The van der Waals surface area contributed by atoms with Crippen LogP contribution in [0.15, 0.2) is 18.3 Å². The molecule has 1 N–H and O–H groups in total. The number of rotatable bonds is 3. The van der Waals surface area contributed by atoms with Crippen molar-refractivity contribution in [3.63, 3.8) is 0 Å². The minimum Gasteiger partial charge on any atom is -0.354 e. The van der Waals surface area contributed by atoms with Crippen LogP contribution < -0.4 is 10.2 Å². The highest BCUT2D eigenvalue weighted by molar-refractivity contribution is 5.40. The highest BCUT2D eigenvalue weighted by Crippen LogP contribution is 2.30. The second kappa shape index (κ2) is 6.55. The molecule has 0 spiro atoms. The van der Waals surface area contributed by atoms with Gasteiger partial charge in [0.05, 0.1) is 0 Å². The lowest BCUT2D eigenvalue weighted by Gasteiger charge is -2.35. The second-order valence-electron chi connectivity index (χ2n) is 5.83. The Balaban J connectivity index is 1.71. The minimum atomic E-state index is 0.582. The van der Waals surface area contributed by atoms with Gasteiger partial charge in [-0.3, -0.25) is 4.90 Å². The number of hydrogen-bond donors (Lipinski definition) is 1. The van der Waals surface area contributed by atoms with Gasteiger partial charge in [-0.1, -0.05) is 19.4 Å². The van der Waals surface area contributed by atoms with Crippen LogP contribution in [0.5, 0.6) is 0 Å². The summed E-state index contributed by atoms with van der Waals surface area (Å²) in [6, 6.07) is 5.09. The van der Waals surface area contributed by atoms with Gasteiger partial charge in [0.2, 0.25) is 0 Å². The molecule has 1 atom stereocenters. The molecule has 0 unspecified atom stereocenters. The third kappa shape index (κ3) is 2.96. The predicted molar refractivity (Wildman–Crippen MR) is 83.2 cm³/mol. The van der Waals surface area contributed by atoms with E-state index in [9.17, 15) is 0 Å². The first kappa shape index (κ1) is 13.8. The number of pyridine rings is 1. The zero-order valence-corrected chi connectivity index (χ0v) is 12.5. The average molecular weight is 274 g/mol. The summed E-state index contributed by atoms with van der Waals surface area (Å²) in [6.07, 6.45) is 6.08. The summed E-state index contributed by atoms with van der Waals surface area (Å²) >= 11 is 0. The fourth-order valence-corrected chi connectivity index (χ4v) is 3.42. The van der Waals surface area contributed by atoms with Crippen LogP contribution in [0.2, 0.25) is 0 Å². The molecule has 4 heteroatoms. The van der Waals surface area contributed by atoms with Crippen molar-refractivity contribution in [1.29, 1.82) is 0 Å². The second-order valence-corrected chi connectivity index (χ2v) is 5.83. The van der Waals surface area contributed by atoms with Gasteiger partial charge in [-0.15, -0.1) is 0 Å². The molecule has 3 rings (SSSR count). The molecule has 2 saturated heterocycles. The number of aromatic nitrogens is 1. The molecule has 0 bridgehead atoms. The topological polar surface area (TPSA) is 31.4 Å². The van der Waals surface area contributed by atoms with Crippen molar-refractivity contribution >= 4 is 5.82 Å². The Kier molecular flexibility index (Phi) is 4.53. The maximum atomic E-state index is 4.72. The lowest BCUT2D eigenvalue weighted by molar-refractivity contribution is 0.157. The molecule has 0 saturated carbocycles. The smallest absolute Gasteiger partial charge is 0.128 e. The Bertz CT molecular complexity index is 411. The Labute approximate surface area is 122 Å². The first-order valence-corrected chi connectivity index (χ1v) is 8.04. The molecule has 20 heavy (non-hydrogen) atoms. The monoisotopic (exact) mass is 274 g/mol. The molecular weight excluding hydrogens is 248 g/mol. The Morgan fingerprint density at radius 1 is 1.20 bits per heavy atom. The maximum absolute atomic E-state index is 4.72. The van der Waals surface area contributed by atoms with E-state index in [1.807, 2.05) is 0 Å². The molecule has 2 aliphatic rings. The highest BCUT2D eigenvalue weighted by atomic mass is 15.2. The van der Waals surface area contributed by atoms with Crippen molar-refractivity contribution in [1.82, 2.24) is 15.2 Å². The molecule has 110 valence electrons. The van der Waals surface area contributed by atoms with Crippen LogP contribution in [0, 0.1) is 0 Å². The van der Waals surface area contributed by atoms with Gasteiger partial charge in [0.25, 0.3) is 0 Å². The molecule has 0 aromatic carbocycles. The summed E-state index contributed by atoms with van der Waals surface area (Å²) in [4.78, 5) is 9.68. The molecule has 2 aliphatic heterocycles. The maximum Gasteiger partial charge on any atom is 0.128 e. The van der Waals surface area contributed by atoms with Crippen LogP contribution in [0.25, 0.3) is 0 Å². The molecule has 1 aromatic heterocycles. The number of nitrogens with one attached hydrogen (secondary N) is 1. The largest absolute Gasteiger partial charge is 0.354 e. The van der Waals surface area contributed by atoms with Gasteiger partial charge in [0.15, 0.2) is 0 Å². The molecule has 4 nitrogen and oxygen atoms in total. The van der Waals surface area contributed by atoms with Gasteiger partial charge in [-0.25, -0.2) is 4.98 Å². The fraction of sp³-hybridized carbons (Fsp3) is 0.688. The van der Waals surface area contributed by atoms with E-state index in [0.29, 0.717) is 6.04 Å². The van der Waals surface area contributed by atoms with Gasteiger partial charge in [-0.2, -0.15) is 0 Å². The molecule has 2 fully saturated rings. The molecule has 3 heterocycles. The fourth-order valence-electron chi connectivity index (χ4n) is 3.42. The number of piperidine rings is 1. The molecule has 1 aromatic rings. The summed E-state index contributed by atoms with van der Waals surface area (Å²) in [6.45, 7) is 8.91. The number of anilines is 1. The van der Waals surface area contributed by atoms with E-state index < -0.39 is 0 Å². The highest BCUT2D eigenvalue weighted by Gasteiger charge is 2.23. The van der Waals surface area contributed by atoms with Gasteiger partial charge < -0.3 is 10.2 Å². The first-order chi connectivity index (χ1) is 9.88. The third-order valence-electron chi connectivity index (χ3n) is 4.62. The van der Waals surface area contributed by atoms with Crippen molar-refractivity contribution in [3.05, 3.63) is 23.9 Å². The third-order valence-corrected chi connectivity index (χ3v) is 4.62. The van der Waals surface area contributed by atoms with Crippen LogP contribution in [-0.4, -0.2) is 49.2 Å². The van der Waals surface area contributed by atoms with Crippen molar-refractivity contribution in [2.75, 3.05) is 44.2 Å². The SMILES string of the molecule is CCN1CCCC[C@@H]1c1ccc(N2CCNCC2)nc1. The summed E-state index contributed by atoms with van der Waals surface area (Å²) < 4.78 is 0. The lowest BCUT2D eigenvalue weighted by atomic mass is 9.96. The van der Waals surface area contributed by atoms with Crippen LogP contribution >= 0.6 is 0 Å². The summed E-state index contributed by atoms with van der Waals surface area (Å²) in [5, 5.41) is 3.38.